The maximum Gasteiger partial charge on any atom is 0.423 e. The highest BCUT2D eigenvalue weighted by atomic mass is 35.5. The number of hydrogen-bond donors (Lipinski definition) is 0. The molecule has 0 aliphatic carbocycles. The fourth-order valence-corrected chi connectivity index (χ4v) is 1.51. The average molecular weight is 338 g/mol. The van der Waals surface area contributed by atoms with E-state index in [1.807, 2.05) is 0 Å². The molecule has 0 amide bonds. The molecule has 21 heavy (non-hydrogen) atoms. The van der Waals surface area contributed by atoms with E-state index in [0.29, 0.717) is 0 Å². The summed E-state index contributed by atoms with van der Waals surface area (Å²) in [5, 5.41) is 10.2. The predicted molar refractivity (Wildman–Crippen MR) is 58.8 cm³/mol. The van der Waals surface area contributed by atoms with Crippen LogP contribution in [-0.2, 0) is 11.3 Å². The number of non-ortho nitro benzene ring substituents is 1. The van der Waals surface area contributed by atoms with E-state index in [0.717, 1.165) is 18.2 Å². The van der Waals surface area contributed by atoms with Crippen LogP contribution in [0.1, 0.15) is 5.56 Å². The lowest BCUT2D eigenvalue weighted by molar-refractivity contribution is -0.385. The first kappa shape index (κ1) is 17.5. The summed E-state index contributed by atoms with van der Waals surface area (Å²) in [6, 6.07) is 2.68. The van der Waals surface area contributed by atoms with Crippen LogP contribution in [0.25, 0.3) is 0 Å². The molecule has 118 valence electrons. The molecule has 0 aliphatic heterocycles. The van der Waals surface area contributed by atoms with Gasteiger partial charge < -0.3 is 4.74 Å². The third kappa shape index (κ3) is 4.74. The highest BCUT2D eigenvalue weighted by molar-refractivity contribution is 6.31. The standard InChI is InChI=1S/C10H6ClF6NO3/c11-7-2-1-6(18(19)20)3-5(7)4-21-8(9(12,13)14)10(15,16)17/h1-3,8H,4H2. The van der Waals surface area contributed by atoms with E-state index in [2.05, 4.69) is 4.74 Å². The molecule has 0 saturated carbocycles. The Kier molecular flexibility index (Phi) is 5.05. The van der Waals surface area contributed by atoms with Gasteiger partial charge >= 0.3 is 12.4 Å². The van der Waals surface area contributed by atoms with Gasteiger partial charge in [-0.3, -0.25) is 10.1 Å². The first-order valence-electron chi connectivity index (χ1n) is 5.10. The lowest BCUT2D eigenvalue weighted by Gasteiger charge is -2.23. The van der Waals surface area contributed by atoms with Gasteiger partial charge in [0.05, 0.1) is 11.5 Å². The highest BCUT2D eigenvalue weighted by Gasteiger charge is 2.58. The first-order valence-corrected chi connectivity index (χ1v) is 5.48. The van der Waals surface area contributed by atoms with E-state index in [1.54, 1.807) is 0 Å². The number of hydrogen-bond acceptors (Lipinski definition) is 3. The van der Waals surface area contributed by atoms with E-state index < -0.39 is 35.7 Å². The molecule has 11 heteroatoms. The fraction of sp³-hybridized carbons (Fsp3) is 0.400. The molecule has 0 radical (unpaired) electrons. The lowest BCUT2D eigenvalue weighted by Crippen LogP contribution is -2.44. The van der Waals surface area contributed by atoms with Crippen LogP contribution < -0.4 is 0 Å². The summed E-state index contributed by atoms with van der Waals surface area (Å²) in [7, 11) is 0. The number of ether oxygens (including phenoxy) is 1. The molecule has 0 fully saturated rings. The third-order valence-electron chi connectivity index (χ3n) is 2.24. The normalized spacial score (nSPS) is 12.8. The number of nitro groups is 1. The summed E-state index contributed by atoms with van der Waals surface area (Å²) in [6.07, 6.45) is -15.3. The zero-order valence-corrected chi connectivity index (χ0v) is 10.6. The molecule has 1 aromatic carbocycles. The van der Waals surface area contributed by atoms with Gasteiger partial charge in [-0.05, 0) is 6.07 Å². The third-order valence-corrected chi connectivity index (χ3v) is 2.61. The van der Waals surface area contributed by atoms with Crippen molar-refractivity contribution in [2.24, 2.45) is 0 Å². The zero-order chi connectivity index (χ0) is 16.4. The Morgan fingerprint density at radius 1 is 1.19 bits per heavy atom. The van der Waals surface area contributed by atoms with Crippen molar-refractivity contribution in [1.29, 1.82) is 0 Å². The molecule has 0 spiro atoms. The molecule has 0 aromatic heterocycles. The van der Waals surface area contributed by atoms with Crippen molar-refractivity contribution in [3.8, 4) is 0 Å². The van der Waals surface area contributed by atoms with Crippen molar-refractivity contribution in [3.05, 3.63) is 38.9 Å². The van der Waals surface area contributed by atoms with Crippen LogP contribution in [0.3, 0.4) is 0 Å². The molecule has 4 nitrogen and oxygen atoms in total. The summed E-state index contributed by atoms with van der Waals surface area (Å²) < 4.78 is 77.3. The summed E-state index contributed by atoms with van der Waals surface area (Å²) in [5.74, 6) is 0. The number of alkyl halides is 6. The molecule has 1 rings (SSSR count). The molecular formula is C10H6ClF6NO3. The van der Waals surface area contributed by atoms with Crippen LogP contribution >= 0.6 is 11.6 Å². The van der Waals surface area contributed by atoms with Crippen molar-refractivity contribution in [3.63, 3.8) is 0 Å². The molecular weight excluding hydrogens is 332 g/mol. The van der Waals surface area contributed by atoms with Gasteiger partial charge in [0.15, 0.2) is 0 Å². The van der Waals surface area contributed by atoms with E-state index in [1.165, 1.54) is 0 Å². The topological polar surface area (TPSA) is 52.4 Å². The summed E-state index contributed by atoms with van der Waals surface area (Å²) in [5.41, 5.74) is -0.891. The summed E-state index contributed by atoms with van der Waals surface area (Å²) in [4.78, 5) is 9.61. The maximum atomic E-state index is 12.2. The molecule has 0 saturated heterocycles. The first-order chi connectivity index (χ1) is 9.43. The van der Waals surface area contributed by atoms with Gasteiger partial charge in [0.2, 0.25) is 6.10 Å². The smallest absolute Gasteiger partial charge is 0.356 e. The second-order valence-electron chi connectivity index (χ2n) is 3.81. The Labute approximate surface area is 118 Å². The molecule has 0 heterocycles. The molecule has 0 aliphatic rings. The van der Waals surface area contributed by atoms with Crippen LogP contribution in [0, 0.1) is 10.1 Å². The number of nitrogens with zero attached hydrogens (tertiary/aromatic N) is 1. The number of benzene rings is 1. The van der Waals surface area contributed by atoms with Crippen LogP contribution in [0.5, 0.6) is 0 Å². The average Bonchev–Trinajstić information content (AvgIpc) is 2.27. The Bertz CT molecular complexity index is 517. The number of nitro benzene ring substituents is 1. The molecule has 0 bridgehead atoms. The van der Waals surface area contributed by atoms with Gasteiger partial charge in [0.25, 0.3) is 5.69 Å². The van der Waals surface area contributed by atoms with Crippen molar-refractivity contribution in [2.45, 2.75) is 25.1 Å². The number of rotatable bonds is 4. The Balaban J connectivity index is 2.96. The second-order valence-corrected chi connectivity index (χ2v) is 4.21. The SMILES string of the molecule is O=[N+]([O-])c1ccc(Cl)c(COC(C(F)(F)F)C(F)(F)F)c1. The van der Waals surface area contributed by atoms with Gasteiger partial charge in [-0.1, -0.05) is 11.6 Å². The molecule has 1 aromatic rings. The Morgan fingerprint density at radius 3 is 2.14 bits per heavy atom. The van der Waals surface area contributed by atoms with E-state index >= 15 is 0 Å². The van der Waals surface area contributed by atoms with E-state index in [-0.39, 0.29) is 10.6 Å². The van der Waals surface area contributed by atoms with E-state index in [9.17, 15) is 36.5 Å². The van der Waals surface area contributed by atoms with Crippen LogP contribution in [0.15, 0.2) is 18.2 Å². The number of halogens is 7. The van der Waals surface area contributed by atoms with E-state index in [4.69, 9.17) is 11.6 Å². The maximum absolute atomic E-state index is 12.2. The van der Waals surface area contributed by atoms with Crippen molar-refractivity contribution in [1.82, 2.24) is 0 Å². The van der Waals surface area contributed by atoms with Crippen molar-refractivity contribution >= 4 is 17.3 Å². The lowest BCUT2D eigenvalue weighted by atomic mass is 10.2. The largest absolute Gasteiger partial charge is 0.423 e. The van der Waals surface area contributed by atoms with Crippen LogP contribution in [-0.4, -0.2) is 23.4 Å². The van der Waals surface area contributed by atoms with Gasteiger partial charge in [0, 0.05) is 22.7 Å². The minimum Gasteiger partial charge on any atom is -0.356 e. The monoisotopic (exact) mass is 337 g/mol. The Morgan fingerprint density at radius 2 is 1.71 bits per heavy atom. The van der Waals surface area contributed by atoms with Crippen LogP contribution in [0.4, 0.5) is 32.0 Å². The quantitative estimate of drug-likeness (QED) is 0.468. The second kappa shape index (κ2) is 6.06. The highest BCUT2D eigenvalue weighted by Crippen LogP contribution is 2.36. The van der Waals surface area contributed by atoms with Gasteiger partial charge in [-0.15, -0.1) is 0 Å². The summed E-state index contributed by atoms with van der Waals surface area (Å²) >= 11 is 5.55. The molecule has 0 unspecified atom stereocenters. The van der Waals surface area contributed by atoms with Crippen LogP contribution in [0.2, 0.25) is 5.02 Å². The van der Waals surface area contributed by atoms with Crippen molar-refractivity contribution in [2.75, 3.05) is 0 Å². The zero-order valence-electron chi connectivity index (χ0n) is 9.83. The fourth-order valence-electron chi connectivity index (χ4n) is 1.33. The summed E-state index contributed by atoms with van der Waals surface area (Å²) in [6.45, 7) is -1.18. The van der Waals surface area contributed by atoms with Gasteiger partial charge in [0.1, 0.15) is 0 Å². The minimum atomic E-state index is -5.66. The van der Waals surface area contributed by atoms with Gasteiger partial charge in [-0.2, -0.15) is 26.3 Å². The molecule has 0 N–H and O–H groups in total. The Hall–Kier alpha value is -1.55. The molecule has 0 atom stereocenters. The van der Waals surface area contributed by atoms with Gasteiger partial charge in [-0.25, -0.2) is 0 Å². The van der Waals surface area contributed by atoms with Crippen molar-refractivity contribution < 1.29 is 36.0 Å². The minimum absolute atomic E-state index is 0.247. The predicted octanol–water partition coefficient (Wildman–Crippen LogP) is 4.26.